The number of nitrogens with one attached hydrogen (secondary N) is 2. The highest BCUT2D eigenvalue weighted by atomic mass is 35.5. The average molecular weight is 393 g/mol. The number of thioether (sulfide) groups is 1. The van der Waals surface area contributed by atoms with E-state index in [2.05, 4.69) is 10.3 Å². The number of carbonyl (C=O) groups excluding carboxylic acids is 1. The minimum absolute atomic E-state index is 0.136. The minimum atomic E-state index is -0.553. The number of aromatic nitrogens is 1. The van der Waals surface area contributed by atoms with Crippen molar-refractivity contribution in [2.75, 3.05) is 11.1 Å². The number of nitrogens with two attached hydrogens (primary N) is 1. The molecule has 4 N–H and O–H groups in total. The lowest BCUT2D eigenvalue weighted by atomic mass is 10.2. The van der Waals surface area contributed by atoms with Crippen molar-refractivity contribution in [3.63, 3.8) is 0 Å². The maximum absolute atomic E-state index is 12.4. The third kappa shape index (κ3) is 4.55. The number of nitriles is 2. The first-order valence-electron chi connectivity index (χ1n) is 6.94. The number of aromatic amines is 1. The Balaban J connectivity index is 2.18. The van der Waals surface area contributed by atoms with Crippen molar-refractivity contribution < 1.29 is 9.78 Å². The lowest BCUT2D eigenvalue weighted by Gasteiger charge is -2.12. The summed E-state index contributed by atoms with van der Waals surface area (Å²) in [6.45, 7) is 1.67. The molecule has 126 valence electrons. The van der Waals surface area contributed by atoms with Crippen molar-refractivity contribution >= 4 is 52.4 Å². The van der Waals surface area contributed by atoms with Crippen LogP contribution in [-0.2, 0) is 4.79 Å². The Morgan fingerprint density at radius 3 is 2.56 bits per heavy atom. The second-order valence-corrected chi connectivity index (χ2v) is 7.13. The number of benzene rings is 1. The topological polar surface area (TPSA) is 117 Å². The van der Waals surface area contributed by atoms with Gasteiger partial charge in [-0.05, 0) is 31.2 Å². The number of carbonyl (C=O) groups is 1. The van der Waals surface area contributed by atoms with Crippen molar-refractivity contribution in [2.45, 2.75) is 17.2 Å². The number of anilines is 2. The molecule has 0 fully saturated rings. The molecule has 0 saturated carbocycles. The van der Waals surface area contributed by atoms with Crippen LogP contribution in [0.25, 0.3) is 0 Å². The van der Waals surface area contributed by atoms with Crippen LogP contribution in [0.3, 0.4) is 0 Å². The van der Waals surface area contributed by atoms with Gasteiger partial charge in [0.25, 0.3) is 5.82 Å². The lowest BCUT2D eigenvalue weighted by Crippen LogP contribution is -2.25. The number of hydrogen-bond acceptors (Lipinski definition) is 5. The SMILES string of the molecule is C[C@H](Sc1[nH+]c(N)c(C#N)cc1C#N)C(=O)Nc1ccc(Cl)cc1Cl. The number of nitrogen functional groups attached to an aromatic ring is 1. The molecule has 0 aliphatic rings. The van der Waals surface area contributed by atoms with E-state index in [4.69, 9.17) is 34.2 Å². The minimum Gasteiger partial charge on any atom is -0.324 e. The molecular weight excluding hydrogens is 381 g/mol. The van der Waals surface area contributed by atoms with E-state index in [9.17, 15) is 10.1 Å². The summed E-state index contributed by atoms with van der Waals surface area (Å²) in [6.07, 6.45) is 0. The Morgan fingerprint density at radius 2 is 1.96 bits per heavy atom. The molecule has 0 spiro atoms. The molecule has 1 amide bonds. The summed E-state index contributed by atoms with van der Waals surface area (Å²) in [5.74, 6) is -0.174. The molecule has 1 heterocycles. The van der Waals surface area contributed by atoms with E-state index < -0.39 is 5.25 Å². The van der Waals surface area contributed by atoms with E-state index in [0.29, 0.717) is 20.8 Å². The molecule has 9 heteroatoms. The molecule has 2 rings (SSSR count). The number of H-pyrrole nitrogens is 1. The van der Waals surface area contributed by atoms with Crippen LogP contribution in [0.2, 0.25) is 10.0 Å². The highest BCUT2D eigenvalue weighted by Crippen LogP contribution is 2.28. The van der Waals surface area contributed by atoms with Crippen LogP contribution >= 0.6 is 35.0 Å². The number of nitrogens with zero attached hydrogens (tertiary/aromatic N) is 2. The smallest absolute Gasteiger partial charge is 0.289 e. The van der Waals surface area contributed by atoms with Gasteiger partial charge >= 0.3 is 0 Å². The number of halogens is 2. The maximum Gasteiger partial charge on any atom is 0.289 e. The first-order chi connectivity index (χ1) is 11.8. The quantitative estimate of drug-likeness (QED) is 0.774. The van der Waals surface area contributed by atoms with Crippen molar-refractivity contribution in [2.24, 2.45) is 0 Å². The molecular formula is C16H12Cl2N5OS+. The normalized spacial score (nSPS) is 11.2. The molecule has 0 aliphatic carbocycles. The summed E-state index contributed by atoms with van der Waals surface area (Å²) < 4.78 is 0. The van der Waals surface area contributed by atoms with E-state index in [0.717, 1.165) is 11.8 Å². The predicted molar refractivity (Wildman–Crippen MR) is 97.3 cm³/mol. The highest BCUT2D eigenvalue weighted by molar-refractivity contribution is 8.00. The summed E-state index contributed by atoms with van der Waals surface area (Å²) in [4.78, 5) is 15.1. The van der Waals surface area contributed by atoms with Crippen LogP contribution < -0.4 is 16.0 Å². The Kier molecular flexibility index (Phi) is 6.11. The van der Waals surface area contributed by atoms with Crippen molar-refractivity contribution in [3.05, 3.63) is 45.4 Å². The van der Waals surface area contributed by atoms with Gasteiger partial charge < -0.3 is 5.32 Å². The summed E-state index contributed by atoms with van der Waals surface area (Å²) in [7, 11) is 0. The fourth-order valence-corrected chi connectivity index (χ4v) is 3.24. The lowest BCUT2D eigenvalue weighted by molar-refractivity contribution is -0.410. The molecule has 25 heavy (non-hydrogen) atoms. The van der Waals surface area contributed by atoms with Crippen molar-refractivity contribution in [1.29, 1.82) is 10.5 Å². The number of amides is 1. The van der Waals surface area contributed by atoms with Gasteiger partial charge in [0.2, 0.25) is 5.91 Å². The van der Waals surface area contributed by atoms with Gasteiger partial charge in [-0.2, -0.15) is 10.5 Å². The summed E-state index contributed by atoms with van der Waals surface area (Å²) in [5.41, 5.74) is 6.58. The van der Waals surface area contributed by atoms with Gasteiger partial charge in [-0.3, -0.25) is 10.5 Å². The predicted octanol–water partition coefficient (Wildman–Crippen LogP) is 3.25. The summed E-state index contributed by atoms with van der Waals surface area (Å²) >= 11 is 13.0. The monoisotopic (exact) mass is 392 g/mol. The second kappa shape index (κ2) is 8.09. The standard InChI is InChI=1S/C16H11Cl2N5OS/c1-8(15(24)22-13-3-2-11(17)5-12(13)18)25-16-10(7-20)4-9(6-19)14(21)23-16/h2-5,8H,1H3,(H2,21,23)(H,22,24)/p+1/t8-/m0/s1. The molecule has 0 aliphatic heterocycles. The number of rotatable bonds is 4. The fourth-order valence-electron chi connectivity index (χ4n) is 1.87. The van der Waals surface area contributed by atoms with Gasteiger partial charge in [-0.15, -0.1) is 0 Å². The molecule has 0 radical (unpaired) electrons. The van der Waals surface area contributed by atoms with Crippen LogP contribution in [-0.4, -0.2) is 11.2 Å². The van der Waals surface area contributed by atoms with Crippen LogP contribution in [0.15, 0.2) is 29.3 Å². The average Bonchev–Trinajstić information content (AvgIpc) is 2.57. The van der Waals surface area contributed by atoms with Gasteiger partial charge in [0, 0.05) is 5.02 Å². The third-order valence-corrected chi connectivity index (χ3v) is 4.84. The fraction of sp³-hybridized carbons (Fsp3) is 0.125. The molecule has 6 nitrogen and oxygen atoms in total. The van der Waals surface area contributed by atoms with Crippen LogP contribution in [0, 0.1) is 22.7 Å². The first-order valence-corrected chi connectivity index (χ1v) is 8.57. The van der Waals surface area contributed by atoms with Gasteiger partial charge in [-0.25, -0.2) is 4.98 Å². The molecule has 0 saturated heterocycles. The Morgan fingerprint density at radius 1 is 1.28 bits per heavy atom. The first kappa shape index (κ1) is 18.9. The number of pyridine rings is 1. The second-order valence-electron chi connectivity index (χ2n) is 4.94. The van der Waals surface area contributed by atoms with Crippen LogP contribution in [0.4, 0.5) is 11.5 Å². The van der Waals surface area contributed by atoms with E-state index in [1.54, 1.807) is 19.1 Å². The van der Waals surface area contributed by atoms with Crippen molar-refractivity contribution in [1.82, 2.24) is 0 Å². The molecule has 0 bridgehead atoms. The van der Waals surface area contributed by atoms with Gasteiger partial charge in [0.15, 0.2) is 5.03 Å². The van der Waals surface area contributed by atoms with Gasteiger partial charge in [0.05, 0.1) is 16.0 Å². The van der Waals surface area contributed by atoms with E-state index >= 15 is 0 Å². The molecule has 1 aromatic carbocycles. The van der Waals surface area contributed by atoms with E-state index in [1.807, 2.05) is 12.1 Å². The largest absolute Gasteiger partial charge is 0.324 e. The summed E-state index contributed by atoms with van der Waals surface area (Å²) in [5, 5.41) is 21.5. The third-order valence-electron chi connectivity index (χ3n) is 3.17. The Labute approximate surface area is 158 Å². The zero-order valence-electron chi connectivity index (χ0n) is 12.9. The van der Waals surface area contributed by atoms with Gasteiger partial charge in [0.1, 0.15) is 23.3 Å². The van der Waals surface area contributed by atoms with E-state index in [-0.39, 0.29) is 22.9 Å². The molecule has 0 unspecified atom stereocenters. The number of hydrogen-bond donors (Lipinski definition) is 2. The van der Waals surface area contributed by atoms with Crippen LogP contribution in [0.5, 0.6) is 0 Å². The maximum atomic E-state index is 12.4. The van der Waals surface area contributed by atoms with Gasteiger partial charge in [-0.1, -0.05) is 35.0 Å². The Hall–Kier alpha value is -2.45. The molecule has 2 aromatic rings. The highest BCUT2D eigenvalue weighted by Gasteiger charge is 2.22. The van der Waals surface area contributed by atoms with E-state index in [1.165, 1.54) is 12.1 Å². The zero-order chi connectivity index (χ0) is 18.6. The molecule has 1 aromatic heterocycles. The zero-order valence-corrected chi connectivity index (χ0v) is 15.3. The van der Waals surface area contributed by atoms with Crippen molar-refractivity contribution in [3.8, 4) is 12.1 Å². The Bertz CT molecular complexity index is 920. The van der Waals surface area contributed by atoms with Crippen LogP contribution in [0.1, 0.15) is 18.1 Å². The molecule has 1 atom stereocenters. The summed E-state index contributed by atoms with van der Waals surface area (Å²) in [6, 6.07) is 10.0.